The van der Waals surface area contributed by atoms with Crippen LogP contribution in [0.4, 0.5) is 0 Å². The Bertz CT molecular complexity index is 3340. The minimum Gasteiger partial charge on any atom is -0.309 e. The molecule has 61 heavy (non-hydrogen) atoms. The predicted molar refractivity (Wildman–Crippen MR) is 254 cm³/mol. The number of pyridine rings is 1. The van der Waals surface area contributed by atoms with E-state index in [9.17, 15) is 0 Å². The van der Waals surface area contributed by atoms with Crippen LogP contribution >= 0.6 is 11.8 Å². The average Bonchev–Trinajstić information content (AvgIpc) is 3.81. The van der Waals surface area contributed by atoms with Gasteiger partial charge in [-0.05, 0) is 111 Å². The molecule has 2 aliphatic carbocycles. The van der Waals surface area contributed by atoms with Crippen molar-refractivity contribution in [2.45, 2.75) is 28.0 Å². The summed E-state index contributed by atoms with van der Waals surface area (Å²) >= 11 is 1.92. The summed E-state index contributed by atoms with van der Waals surface area (Å²) in [6, 6.07) is 71.7. The highest BCUT2D eigenvalue weighted by Gasteiger charge is 2.50. The molecule has 0 unspecified atom stereocenters. The van der Waals surface area contributed by atoms with Crippen LogP contribution in [0.1, 0.15) is 39.9 Å². The number of hydrogen-bond donors (Lipinski definition) is 0. The molecule has 0 bridgehead atoms. The number of benzene rings is 8. The molecule has 3 heterocycles. The molecule has 10 aromatic rings. The molecule has 0 saturated carbocycles. The van der Waals surface area contributed by atoms with E-state index in [-0.39, 0.29) is 0 Å². The molecule has 0 fully saturated rings. The Morgan fingerprint density at radius 1 is 0.459 bits per heavy atom. The van der Waals surface area contributed by atoms with Crippen LogP contribution in [-0.2, 0) is 11.8 Å². The first-order valence-electron chi connectivity index (χ1n) is 21.3. The van der Waals surface area contributed by atoms with Crippen LogP contribution < -0.4 is 0 Å². The standard InChI is InChI=1S/C58H38N2S/c1-3-17-37(18-4-1)51-33-39(34-52(59-51)38-19-5-2-6-20-38)40-31-32-54(44-24-8-7-21-41(40)44)60-53-29-15-11-25-45(53)46-35-50-57(36-55(46)60)61-56-30-16-14-28-49(56)58(50)47-26-12-9-22-42(47)43-23-10-13-27-48(43)58/h1-10,12-24,26-36H,11,25H2. The van der Waals surface area contributed by atoms with E-state index in [2.05, 4.69) is 211 Å². The summed E-state index contributed by atoms with van der Waals surface area (Å²) in [6.45, 7) is 0. The Morgan fingerprint density at radius 3 is 1.77 bits per heavy atom. The van der Waals surface area contributed by atoms with Crippen molar-refractivity contribution in [2.24, 2.45) is 0 Å². The molecular formula is C58H38N2S. The molecule has 0 atom stereocenters. The fraction of sp³-hybridized carbons (Fsp3) is 0.0517. The lowest BCUT2D eigenvalue weighted by Gasteiger charge is -2.39. The average molecular weight is 795 g/mol. The minimum atomic E-state index is -0.409. The fourth-order valence-electron chi connectivity index (χ4n) is 10.8. The van der Waals surface area contributed by atoms with Crippen molar-refractivity contribution in [1.29, 1.82) is 0 Å². The number of nitrogens with zero attached hydrogens (tertiary/aromatic N) is 2. The van der Waals surface area contributed by atoms with E-state index in [0.29, 0.717) is 0 Å². The Labute approximate surface area is 359 Å². The topological polar surface area (TPSA) is 17.8 Å². The van der Waals surface area contributed by atoms with Crippen molar-refractivity contribution < 1.29 is 0 Å². The molecule has 0 N–H and O–H groups in total. The van der Waals surface area contributed by atoms with Gasteiger partial charge in [0.05, 0.1) is 28.0 Å². The second kappa shape index (κ2) is 13.4. The summed E-state index contributed by atoms with van der Waals surface area (Å²) in [5, 5.41) is 3.80. The third-order valence-electron chi connectivity index (χ3n) is 13.3. The number of aromatic nitrogens is 2. The van der Waals surface area contributed by atoms with E-state index in [0.717, 1.165) is 40.9 Å². The van der Waals surface area contributed by atoms with E-state index in [1.54, 1.807) is 0 Å². The first-order chi connectivity index (χ1) is 30.3. The van der Waals surface area contributed by atoms with Gasteiger partial charge in [-0.15, -0.1) is 0 Å². The Kier molecular flexibility index (Phi) is 7.61. The van der Waals surface area contributed by atoms with Gasteiger partial charge in [0.15, 0.2) is 0 Å². The summed E-state index contributed by atoms with van der Waals surface area (Å²) < 4.78 is 2.56. The first-order valence-corrected chi connectivity index (χ1v) is 22.1. The van der Waals surface area contributed by atoms with Crippen molar-refractivity contribution in [3.8, 4) is 50.5 Å². The van der Waals surface area contributed by atoms with Gasteiger partial charge in [0.2, 0.25) is 0 Å². The largest absolute Gasteiger partial charge is 0.309 e. The van der Waals surface area contributed by atoms with Crippen molar-refractivity contribution in [1.82, 2.24) is 9.55 Å². The van der Waals surface area contributed by atoms with Gasteiger partial charge in [0, 0.05) is 37.4 Å². The Hall–Kier alpha value is -7.20. The van der Waals surface area contributed by atoms with Crippen LogP contribution in [0.15, 0.2) is 210 Å². The quantitative estimate of drug-likeness (QED) is 0.177. The van der Waals surface area contributed by atoms with E-state index in [4.69, 9.17) is 4.98 Å². The molecule has 2 nitrogen and oxygen atoms in total. The van der Waals surface area contributed by atoms with Gasteiger partial charge in [-0.3, -0.25) is 0 Å². The number of rotatable bonds is 4. The SMILES string of the molecule is C1=Cc2c(c3cc4c(cc3n2-c2ccc(-c3cc(-c5ccccc5)nc(-c5ccccc5)c3)c3ccccc23)Sc2ccccc2C42c3ccccc3-c3ccccc32)CC1. The first kappa shape index (κ1) is 34.6. The van der Waals surface area contributed by atoms with Gasteiger partial charge in [0.25, 0.3) is 0 Å². The molecule has 3 aliphatic rings. The number of allylic oxidation sites excluding steroid dienone is 1. The number of fused-ring (bicyclic) bond motifs is 13. The van der Waals surface area contributed by atoms with Gasteiger partial charge in [-0.1, -0.05) is 176 Å². The van der Waals surface area contributed by atoms with Crippen molar-refractivity contribution in [3.63, 3.8) is 0 Å². The van der Waals surface area contributed by atoms with Crippen LogP contribution in [-0.4, -0.2) is 9.55 Å². The lowest BCUT2D eigenvalue weighted by Crippen LogP contribution is -2.32. The van der Waals surface area contributed by atoms with Crippen molar-refractivity contribution in [3.05, 3.63) is 234 Å². The van der Waals surface area contributed by atoms with E-state index in [1.165, 1.54) is 87.4 Å². The van der Waals surface area contributed by atoms with Crippen LogP contribution in [0.2, 0.25) is 0 Å². The zero-order chi connectivity index (χ0) is 40.1. The van der Waals surface area contributed by atoms with E-state index < -0.39 is 5.41 Å². The number of aryl methyl sites for hydroxylation is 1. The van der Waals surface area contributed by atoms with Crippen LogP contribution in [0, 0.1) is 0 Å². The second-order valence-corrected chi connectivity index (χ2v) is 17.6. The molecule has 13 rings (SSSR count). The fourth-order valence-corrected chi connectivity index (χ4v) is 12.0. The zero-order valence-corrected chi connectivity index (χ0v) is 34.2. The van der Waals surface area contributed by atoms with Gasteiger partial charge >= 0.3 is 0 Å². The third-order valence-corrected chi connectivity index (χ3v) is 14.5. The zero-order valence-electron chi connectivity index (χ0n) is 33.3. The van der Waals surface area contributed by atoms with Crippen LogP contribution in [0.25, 0.3) is 78.2 Å². The summed E-state index contributed by atoms with van der Waals surface area (Å²) in [7, 11) is 0. The highest BCUT2D eigenvalue weighted by Crippen LogP contribution is 2.63. The lowest BCUT2D eigenvalue weighted by molar-refractivity contribution is 0.724. The van der Waals surface area contributed by atoms with Crippen molar-refractivity contribution >= 4 is 39.5 Å². The van der Waals surface area contributed by atoms with Gasteiger partial charge in [-0.25, -0.2) is 4.98 Å². The summed E-state index contributed by atoms with van der Waals surface area (Å²) in [5.41, 5.74) is 19.4. The smallest absolute Gasteiger partial charge is 0.0735 e. The molecule has 2 aromatic heterocycles. The molecule has 0 radical (unpaired) electrons. The summed E-state index contributed by atoms with van der Waals surface area (Å²) in [6.07, 6.45) is 6.78. The minimum absolute atomic E-state index is 0.409. The van der Waals surface area contributed by atoms with E-state index >= 15 is 0 Å². The monoisotopic (exact) mass is 794 g/mol. The Balaban J connectivity index is 1.06. The molecule has 0 amide bonds. The molecule has 3 heteroatoms. The number of hydrogen-bond acceptors (Lipinski definition) is 2. The molecule has 1 spiro atoms. The lowest BCUT2D eigenvalue weighted by atomic mass is 9.67. The Morgan fingerprint density at radius 2 is 1.07 bits per heavy atom. The van der Waals surface area contributed by atoms with E-state index in [1.807, 2.05) is 11.8 Å². The molecule has 1 aliphatic heterocycles. The van der Waals surface area contributed by atoms with Crippen LogP contribution in [0.3, 0.4) is 0 Å². The van der Waals surface area contributed by atoms with Gasteiger partial charge < -0.3 is 4.57 Å². The predicted octanol–water partition coefficient (Wildman–Crippen LogP) is 15.0. The summed E-state index contributed by atoms with van der Waals surface area (Å²) in [4.78, 5) is 7.84. The molecule has 0 saturated heterocycles. The molecular weight excluding hydrogens is 757 g/mol. The maximum atomic E-state index is 5.21. The molecule has 8 aromatic carbocycles. The maximum absolute atomic E-state index is 5.21. The normalized spacial score (nSPS) is 14.1. The second-order valence-electron chi connectivity index (χ2n) is 16.5. The highest BCUT2D eigenvalue weighted by molar-refractivity contribution is 7.99. The van der Waals surface area contributed by atoms with Crippen molar-refractivity contribution in [2.75, 3.05) is 0 Å². The van der Waals surface area contributed by atoms with Gasteiger partial charge in [-0.2, -0.15) is 0 Å². The van der Waals surface area contributed by atoms with Crippen LogP contribution in [0.5, 0.6) is 0 Å². The molecule has 286 valence electrons. The maximum Gasteiger partial charge on any atom is 0.0735 e. The third kappa shape index (κ3) is 5.02. The van der Waals surface area contributed by atoms with Gasteiger partial charge in [0.1, 0.15) is 0 Å². The highest BCUT2D eigenvalue weighted by atomic mass is 32.2. The summed E-state index contributed by atoms with van der Waals surface area (Å²) in [5.74, 6) is 0.